The first-order chi connectivity index (χ1) is 8.72. The van der Waals surface area contributed by atoms with Crippen LogP contribution in [0.1, 0.15) is 23.7 Å². The van der Waals surface area contributed by atoms with Crippen LogP contribution in [-0.4, -0.2) is 18.2 Å². The largest absolute Gasteiger partial charge is 0.496 e. The van der Waals surface area contributed by atoms with Gasteiger partial charge in [0.2, 0.25) is 0 Å². The molecule has 0 unspecified atom stereocenters. The number of ether oxygens (including phenoxy) is 1. The smallest absolute Gasteiger partial charge is 0.304 e. The fourth-order valence-electron chi connectivity index (χ4n) is 1.98. The van der Waals surface area contributed by atoms with Gasteiger partial charge in [0.1, 0.15) is 11.5 Å². The molecule has 0 bridgehead atoms. The second-order valence-corrected chi connectivity index (χ2v) is 3.91. The third kappa shape index (κ3) is 2.53. The number of hydrogen-bond acceptors (Lipinski definition) is 3. The zero-order valence-electron chi connectivity index (χ0n) is 10.00. The van der Waals surface area contributed by atoms with Crippen LogP contribution in [-0.2, 0) is 4.79 Å². The van der Waals surface area contributed by atoms with Gasteiger partial charge in [-0.15, -0.1) is 0 Å². The topological polar surface area (TPSA) is 59.7 Å². The van der Waals surface area contributed by atoms with Crippen molar-refractivity contribution in [3.05, 3.63) is 54.0 Å². The SMILES string of the molecule is COc1ccccc1[C@H](CC(=O)O)c1ccco1. The first kappa shape index (κ1) is 12.2. The average Bonchev–Trinajstić information content (AvgIpc) is 2.89. The van der Waals surface area contributed by atoms with E-state index in [1.54, 1.807) is 25.5 Å². The summed E-state index contributed by atoms with van der Waals surface area (Å²) in [5.41, 5.74) is 0.817. The molecule has 2 rings (SSSR count). The number of carbonyl (C=O) groups is 1. The minimum atomic E-state index is -0.873. The lowest BCUT2D eigenvalue weighted by atomic mass is 9.92. The zero-order valence-corrected chi connectivity index (χ0v) is 10.00. The molecule has 1 atom stereocenters. The molecule has 0 aliphatic heterocycles. The van der Waals surface area contributed by atoms with E-state index in [0.29, 0.717) is 11.5 Å². The van der Waals surface area contributed by atoms with E-state index >= 15 is 0 Å². The lowest BCUT2D eigenvalue weighted by molar-refractivity contribution is -0.137. The Morgan fingerprint density at radius 1 is 1.33 bits per heavy atom. The summed E-state index contributed by atoms with van der Waals surface area (Å²) >= 11 is 0. The summed E-state index contributed by atoms with van der Waals surface area (Å²) in [5, 5.41) is 9.03. The predicted octanol–water partition coefficient (Wildman–Crippen LogP) is 2.89. The number of furan rings is 1. The van der Waals surface area contributed by atoms with Crippen molar-refractivity contribution in [2.24, 2.45) is 0 Å². The molecule has 1 aromatic heterocycles. The molecule has 1 N–H and O–H groups in total. The molecular weight excluding hydrogens is 232 g/mol. The molecule has 0 aliphatic carbocycles. The molecule has 0 amide bonds. The van der Waals surface area contributed by atoms with Gasteiger partial charge in [0.15, 0.2) is 0 Å². The van der Waals surface area contributed by atoms with Crippen LogP contribution in [0, 0.1) is 0 Å². The summed E-state index contributed by atoms with van der Waals surface area (Å²) in [6.45, 7) is 0. The third-order valence-electron chi connectivity index (χ3n) is 2.78. The number of rotatable bonds is 5. The molecule has 4 heteroatoms. The fraction of sp³-hybridized carbons (Fsp3) is 0.214. The van der Waals surface area contributed by atoms with E-state index < -0.39 is 5.97 Å². The van der Waals surface area contributed by atoms with Gasteiger partial charge in [0.25, 0.3) is 0 Å². The van der Waals surface area contributed by atoms with Crippen LogP contribution in [0.3, 0.4) is 0 Å². The van der Waals surface area contributed by atoms with Gasteiger partial charge < -0.3 is 14.3 Å². The van der Waals surface area contributed by atoms with Gasteiger partial charge in [-0.3, -0.25) is 4.79 Å². The maximum Gasteiger partial charge on any atom is 0.304 e. The van der Waals surface area contributed by atoms with Crippen molar-refractivity contribution in [2.45, 2.75) is 12.3 Å². The molecule has 1 aromatic carbocycles. The summed E-state index contributed by atoms with van der Waals surface area (Å²) in [6, 6.07) is 10.9. The van der Waals surface area contributed by atoms with Crippen molar-refractivity contribution in [3.8, 4) is 5.75 Å². The van der Waals surface area contributed by atoms with Gasteiger partial charge in [-0.05, 0) is 18.2 Å². The highest BCUT2D eigenvalue weighted by Crippen LogP contribution is 2.34. The second kappa shape index (κ2) is 5.40. The van der Waals surface area contributed by atoms with E-state index in [0.717, 1.165) is 5.56 Å². The Bertz CT molecular complexity index is 516. The van der Waals surface area contributed by atoms with Crippen molar-refractivity contribution < 1.29 is 19.1 Å². The van der Waals surface area contributed by atoms with Crippen molar-refractivity contribution in [3.63, 3.8) is 0 Å². The Morgan fingerprint density at radius 2 is 2.11 bits per heavy atom. The Balaban J connectivity index is 2.43. The Morgan fingerprint density at radius 3 is 2.72 bits per heavy atom. The van der Waals surface area contributed by atoms with Crippen molar-refractivity contribution in [1.29, 1.82) is 0 Å². The van der Waals surface area contributed by atoms with Crippen LogP contribution >= 0.6 is 0 Å². The zero-order chi connectivity index (χ0) is 13.0. The van der Waals surface area contributed by atoms with Crippen LogP contribution in [0.5, 0.6) is 5.75 Å². The maximum atomic E-state index is 11.0. The lowest BCUT2D eigenvalue weighted by Gasteiger charge is -2.16. The molecule has 0 spiro atoms. The van der Waals surface area contributed by atoms with Crippen LogP contribution in [0.15, 0.2) is 47.1 Å². The van der Waals surface area contributed by atoms with Crippen LogP contribution in [0.4, 0.5) is 0 Å². The Labute approximate surface area is 105 Å². The van der Waals surface area contributed by atoms with Gasteiger partial charge in [-0.1, -0.05) is 18.2 Å². The Kier molecular flexibility index (Phi) is 3.67. The van der Waals surface area contributed by atoms with E-state index in [-0.39, 0.29) is 12.3 Å². The highest BCUT2D eigenvalue weighted by Gasteiger charge is 2.23. The van der Waals surface area contributed by atoms with E-state index in [4.69, 9.17) is 14.3 Å². The number of methoxy groups -OCH3 is 1. The first-order valence-corrected chi connectivity index (χ1v) is 5.60. The minimum absolute atomic E-state index is 0.0338. The monoisotopic (exact) mass is 246 g/mol. The van der Waals surface area contributed by atoms with Crippen LogP contribution < -0.4 is 4.74 Å². The molecule has 0 saturated carbocycles. The number of carboxylic acids is 1. The molecule has 2 aromatic rings. The summed E-state index contributed by atoms with van der Waals surface area (Å²) in [6.07, 6.45) is 1.51. The van der Waals surface area contributed by atoms with Crippen LogP contribution in [0.25, 0.3) is 0 Å². The van der Waals surface area contributed by atoms with Crippen molar-refractivity contribution in [2.75, 3.05) is 7.11 Å². The van der Waals surface area contributed by atoms with E-state index in [2.05, 4.69) is 0 Å². The highest BCUT2D eigenvalue weighted by molar-refractivity contribution is 5.69. The molecule has 0 aliphatic rings. The molecule has 94 valence electrons. The van der Waals surface area contributed by atoms with Gasteiger partial charge in [0, 0.05) is 5.56 Å². The van der Waals surface area contributed by atoms with Crippen LogP contribution in [0.2, 0.25) is 0 Å². The number of hydrogen-bond donors (Lipinski definition) is 1. The average molecular weight is 246 g/mol. The number of benzene rings is 1. The van der Waals surface area contributed by atoms with E-state index in [9.17, 15) is 4.79 Å². The molecule has 0 radical (unpaired) electrons. The number of para-hydroxylation sites is 1. The standard InChI is InChI=1S/C14H14O4/c1-17-12-6-3-2-5-10(12)11(9-14(15)16)13-7-4-8-18-13/h2-8,11H,9H2,1H3,(H,15,16)/t11-/m0/s1. The highest BCUT2D eigenvalue weighted by atomic mass is 16.5. The molecule has 4 nitrogen and oxygen atoms in total. The summed E-state index contributed by atoms with van der Waals surface area (Å²) in [5.74, 6) is 0.0815. The summed E-state index contributed by atoms with van der Waals surface area (Å²) in [4.78, 5) is 11.0. The van der Waals surface area contributed by atoms with Gasteiger partial charge in [-0.2, -0.15) is 0 Å². The predicted molar refractivity (Wildman–Crippen MR) is 65.8 cm³/mol. The van der Waals surface area contributed by atoms with Gasteiger partial charge in [0.05, 0.1) is 25.7 Å². The second-order valence-electron chi connectivity index (χ2n) is 3.91. The first-order valence-electron chi connectivity index (χ1n) is 5.60. The van der Waals surface area contributed by atoms with E-state index in [1.807, 2.05) is 24.3 Å². The molecule has 1 heterocycles. The lowest BCUT2D eigenvalue weighted by Crippen LogP contribution is -2.08. The normalized spacial score (nSPS) is 12.1. The molecule has 0 saturated heterocycles. The minimum Gasteiger partial charge on any atom is -0.496 e. The molecule has 0 fully saturated rings. The quantitative estimate of drug-likeness (QED) is 0.881. The summed E-state index contributed by atoms with van der Waals surface area (Å²) in [7, 11) is 1.57. The third-order valence-corrected chi connectivity index (χ3v) is 2.78. The Hall–Kier alpha value is -2.23. The number of carboxylic acid groups (broad SMARTS) is 1. The maximum absolute atomic E-state index is 11.0. The van der Waals surface area contributed by atoms with Gasteiger partial charge >= 0.3 is 5.97 Å². The van der Waals surface area contributed by atoms with Crippen molar-refractivity contribution in [1.82, 2.24) is 0 Å². The molecular formula is C14H14O4. The van der Waals surface area contributed by atoms with Gasteiger partial charge in [-0.25, -0.2) is 0 Å². The fourth-order valence-corrected chi connectivity index (χ4v) is 1.98. The van der Waals surface area contributed by atoms with E-state index in [1.165, 1.54) is 0 Å². The summed E-state index contributed by atoms with van der Waals surface area (Å²) < 4.78 is 10.6. The number of aliphatic carboxylic acids is 1. The molecule has 18 heavy (non-hydrogen) atoms. The van der Waals surface area contributed by atoms with Crippen molar-refractivity contribution >= 4 is 5.97 Å².